The van der Waals surface area contributed by atoms with Gasteiger partial charge in [0, 0.05) is 0 Å². The number of halogens is 1. The third-order valence-electron chi connectivity index (χ3n) is 2.97. The molecule has 3 atom stereocenters. The van der Waals surface area contributed by atoms with E-state index in [9.17, 15) is 0 Å². The van der Waals surface area contributed by atoms with Gasteiger partial charge in [0.15, 0.2) is 0 Å². The molecule has 1 heterocycles. The van der Waals surface area contributed by atoms with Gasteiger partial charge in [0.2, 0.25) is 0 Å². The Morgan fingerprint density at radius 1 is 1.46 bits per heavy atom. The van der Waals surface area contributed by atoms with E-state index in [1.165, 1.54) is 24.8 Å². The topological polar surface area (TPSA) is 9.23 Å². The molecule has 3 unspecified atom stereocenters. The van der Waals surface area contributed by atoms with E-state index in [0.717, 1.165) is 12.8 Å². The summed E-state index contributed by atoms with van der Waals surface area (Å²) in [6, 6.07) is 0. The Kier molecular flexibility index (Phi) is 2.95. The second-order valence-corrected chi connectivity index (χ2v) is 4.79. The van der Waals surface area contributed by atoms with Crippen molar-refractivity contribution in [3.63, 3.8) is 0 Å². The highest BCUT2D eigenvalue weighted by Gasteiger charge is 2.24. The number of rotatable bonds is 2. The lowest BCUT2D eigenvalue weighted by molar-refractivity contribution is 0.0561. The third kappa shape index (κ3) is 2.47. The fourth-order valence-electron chi connectivity index (χ4n) is 2.24. The summed E-state index contributed by atoms with van der Waals surface area (Å²) >= 11 is 6.00. The zero-order chi connectivity index (χ0) is 9.26. The molecule has 2 aliphatic rings. The Hall–Kier alpha value is -0.0100. The van der Waals surface area contributed by atoms with Gasteiger partial charge in [-0.1, -0.05) is 11.6 Å². The smallest absolute Gasteiger partial charge is 0.0616 e. The van der Waals surface area contributed by atoms with Crippen molar-refractivity contribution in [2.45, 2.75) is 56.6 Å². The highest BCUT2D eigenvalue weighted by atomic mass is 35.5. The molecule has 1 aliphatic heterocycles. The minimum atomic E-state index is 0.286. The van der Waals surface area contributed by atoms with Crippen LogP contribution in [0.25, 0.3) is 0 Å². The molecule has 0 aromatic carbocycles. The standard InChI is InChI=1S/C11H17ClO/c1-8-2-5-11(13-8)7-9-3-4-10(12)6-9/h6,8,10-11H,2-5,7H2,1H3. The number of hydrogen-bond donors (Lipinski definition) is 0. The minimum absolute atomic E-state index is 0.286. The summed E-state index contributed by atoms with van der Waals surface area (Å²) in [7, 11) is 0. The van der Waals surface area contributed by atoms with Crippen molar-refractivity contribution < 1.29 is 4.74 Å². The van der Waals surface area contributed by atoms with E-state index in [0.29, 0.717) is 12.2 Å². The van der Waals surface area contributed by atoms with Gasteiger partial charge in [-0.25, -0.2) is 0 Å². The number of allylic oxidation sites excluding steroid dienone is 1. The lowest BCUT2D eigenvalue weighted by atomic mass is 10.1. The van der Waals surface area contributed by atoms with Crippen molar-refractivity contribution in [3.8, 4) is 0 Å². The average Bonchev–Trinajstić information content (AvgIpc) is 2.62. The molecule has 1 fully saturated rings. The molecule has 0 aromatic heterocycles. The molecular weight excluding hydrogens is 184 g/mol. The number of hydrogen-bond acceptors (Lipinski definition) is 1. The second-order valence-electron chi connectivity index (χ2n) is 4.23. The van der Waals surface area contributed by atoms with Crippen LogP contribution in [-0.4, -0.2) is 17.6 Å². The average molecular weight is 201 g/mol. The van der Waals surface area contributed by atoms with Gasteiger partial charge in [-0.05, 0) is 39.0 Å². The van der Waals surface area contributed by atoms with Crippen molar-refractivity contribution in [2.75, 3.05) is 0 Å². The Morgan fingerprint density at radius 2 is 2.31 bits per heavy atom. The lowest BCUT2D eigenvalue weighted by Gasteiger charge is -2.11. The van der Waals surface area contributed by atoms with Gasteiger partial charge in [0.05, 0.1) is 17.6 Å². The molecular formula is C11H17ClO. The van der Waals surface area contributed by atoms with E-state index in [2.05, 4.69) is 13.0 Å². The Morgan fingerprint density at radius 3 is 2.85 bits per heavy atom. The van der Waals surface area contributed by atoms with Gasteiger partial charge in [-0.2, -0.15) is 0 Å². The van der Waals surface area contributed by atoms with Gasteiger partial charge >= 0.3 is 0 Å². The van der Waals surface area contributed by atoms with Crippen molar-refractivity contribution >= 4 is 11.6 Å². The first-order valence-electron chi connectivity index (χ1n) is 5.23. The summed E-state index contributed by atoms with van der Waals surface area (Å²) in [5, 5.41) is 0.286. The van der Waals surface area contributed by atoms with E-state index in [-0.39, 0.29) is 5.38 Å². The van der Waals surface area contributed by atoms with E-state index in [4.69, 9.17) is 16.3 Å². The summed E-state index contributed by atoms with van der Waals surface area (Å²) in [6.07, 6.45) is 9.04. The third-order valence-corrected chi connectivity index (χ3v) is 3.31. The molecule has 0 bridgehead atoms. The lowest BCUT2D eigenvalue weighted by Crippen LogP contribution is -2.08. The summed E-state index contributed by atoms with van der Waals surface area (Å²) in [4.78, 5) is 0. The summed E-state index contributed by atoms with van der Waals surface area (Å²) in [6.45, 7) is 2.16. The fourth-order valence-corrected chi connectivity index (χ4v) is 2.53. The Bertz CT molecular complexity index is 212. The summed E-state index contributed by atoms with van der Waals surface area (Å²) in [5.41, 5.74) is 1.51. The van der Waals surface area contributed by atoms with E-state index in [1.54, 1.807) is 0 Å². The van der Waals surface area contributed by atoms with Crippen molar-refractivity contribution in [2.24, 2.45) is 0 Å². The Balaban J connectivity index is 1.81. The molecule has 0 amide bonds. The van der Waals surface area contributed by atoms with Crippen LogP contribution in [0.4, 0.5) is 0 Å². The molecule has 74 valence electrons. The predicted molar refractivity (Wildman–Crippen MR) is 55.1 cm³/mol. The zero-order valence-electron chi connectivity index (χ0n) is 8.13. The molecule has 1 nitrogen and oxygen atoms in total. The van der Waals surface area contributed by atoms with E-state index in [1.807, 2.05) is 0 Å². The zero-order valence-corrected chi connectivity index (χ0v) is 8.89. The van der Waals surface area contributed by atoms with Crippen LogP contribution in [0.2, 0.25) is 0 Å². The molecule has 0 spiro atoms. The van der Waals surface area contributed by atoms with Gasteiger partial charge in [-0.15, -0.1) is 11.6 Å². The van der Waals surface area contributed by atoms with Crippen LogP contribution in [0, 0.1) is 0 Å². The van der Waals surface area contributed by atoms with E-state index >= 15 is 0 Å². The van der Waals surface area contributed by atoms with Crippen LogP contribution >= 0.6 is 11.6 Å². The molecule has 2 heteroatoms. The van der Waals surface area contributed by atoms with Crippen molar-refractivity contribution in [1.82, 2.24) is 0 Å². The minimum Gasteiger partial charge on any atom is -0.375 e. The quantitative estimate of drug-likeness (QED) is 0.491. The molecule has 13 heavy (non-hydrogen) atoms. The van der Waals surface area contributed by atoms with Crippen LogP contribution in [0.3, 0.4) is 0 Å². The first-order chi connectivity index (χ1) is 6.24. The molecule has 0 N–H and O–H groups in total. The fraction of sp³-hybridized carbons (Fsp3) is 0.818. The maximum atomic E-state index is 6.00. The molecule has 2 rings (SSSR count). The first-order valence-corrected chi connectivity index (χ1v) is 5.67. The summed E-state index contributed by atoms with van der Waals surface area (Å²) in [5.74, 6) is 0. The number of ether oxygens (including phenoxy) is 1. The largest absolute Gasteiger partial charge is 0.375 e. The van der Waals surface area contributed by atoms with Gasteiger partial charge in [0.25, 0.3) is 0 Å². The number of alkyl halides is 1. The maximum absolute atomic E-state index is 6.00. The SMILES string of the molecule is CC1CCC(CC2=CC(Cl)CC2)O1. The highest BCUT2D eigenvalue weighted by molar-refractivity contribution is 6.22. The first kappa shape index (κ1) is 9.54. The molecule has 1 aliphatic carbocycles. The van der Waals surface area contributed by atoms with Crippen LogP contribution in [0.1, 0.15) is 39.0 Å². The van der Waals surface area contributed by atoms with Gasteiger partial charge < -0.3 is 4.74 Å². The van der Waals surface area contributed by atoms with Crippen molar-refractivity contribution in [3.05, 3.63) is 11.6 Å². The van der Waals surface area contributed by atoms with Crippen LogP contribution in [0.5, 0.6) is 0 Å². The predicted octanol–water partition coefficient (Wildman–Crippen LogP) is 3.27. The molecule has 0 radical (unpaired) electrons. The van der Waals surface area contributed by atoms with Crippen molar-refractivity contribution in [1.29, 1.82) is 0 Å². The normalized spacial score (nSPS) is 39.5. The summed E-state index contributed by atoms with van der Waals surface area (Å²) < 4.78 is 5.77. The Labute approximate surface area is 85.1 Å². The second kappa shape index (κ2) is 4.02. The maximum Gasteiger partial charge on any atom is 0.0616 e. The van der Waals surface area contributed by atoms with Crippen LogP contribution in [0.15, 0.2) is 11.6 Å². The molecule has 0 saturated carbocycles. The van der Waals surface area contributed by atoms with Gasteiger partial charge in [0.1, 0.15) is 0 Å². The van der Waals surface area contributed by atoms with Crippen LogP contribution < -0.4 is 0 Å². The molecule has 0 aromatic rings. The van der Waals surface area contributed by atoms with Crippen LogP contribution in [-0.2, 0) is 4.74 Å². The van der Waals surface area contributed by atoms with Gasteiger partial charge in [-0.3, -0.25) is 0 Å². The molecule has 1 saturated heterocycles. The monoisotopic (exact) mass is 200 g/mol. The highest BCUT2D eigenvalue weighted by Crippen LogP contribution is 2.30. The van der Waals surface area contributed by atoms with E-state index < -0.39 is 0 Å².